The average molecular weight is 327 g/mol. The zero-order valence-electron chi connectivity index (χ0n) is 14.0. The van der Waals surface area contributed by atoms with E-state index in [2.05, 4.69) is 19.9 Å². The number of amides is 1. The third kappa shape index (κ3) is 3.61. The van der Waals surface area contributed by atoms with Gasteiger partial charge in [0.25, 0.3) is 5.91 Å². The van der Waals surface area contributed by atoms with E-state index in [0.29, 0.717) is 18.0 Å². The van der Waals surface area contributed by atoms with Gasteiger partial charge in [-0.2, -0.15) is 0 Å². The van der Waals surface area contributed by atoms with Crippen molar-refractivity contribution in [2.45, 2.75) is 13.3 Å². The first-order valence-electron chi connectivity index (χ1n) is 7.99. The molecule has 0 atom stereocenters. The first-order valence-corrected chi connectivity index (χ1v) is 7.99. The van der Waals surface area contributed by atoms with Crippen LogP contribution < -0.4 is 9.64 Å². The van der Waals surface area contributed by atoms with E-state index in [9.17, 15) is 4.79 Å². The average Bonchev–Trinajstić information content (AvgIpc) is 2.87. The summed E-state index contributed by atoms with van der Waals surface area (Å²) in [4.78, 5) is 29.2. The van der Waals surface area contributed by atoms with Gasteiger partial charge in [0.1, 0.15) is 12.1 Å². The number of methoxy groups -OCH3 is 1. The van der Waals surface area contributed by atoms with Crippen LogP contribution >= 0.6 is 0 Å². The summed E-state index contributed by atoms with van der Waals surface area (Å²) in [5.74, 6) is 1.41. The first kappa shape index (κ1) is 16.2. The molecule has 0 aromatic carbocycles. The van der Waals surface area contributed by atoms with Crippen LogP contribution in [0.5, 0.6) is 5.88 Å². The van der Waals surface area contributed by atoms with Gasteiger partial charge in [0, 0.05) is 44.6 Å². The lowest BCUT2D eigenvalue weighted by molar-refractivity contribution is 0.0766. The van der Waals surface area contributed by atoms with Gasteiger partial charge in [-0.1, -0.05) is 0 Å². The summed E-state index contributed by atoms with van der Waals surface area (Å²) >= 11 is 0. The quantitative estimate of drug-likeness (QED) is 0.851. The number of aromatic nitrogens is 3. The topological polar surface area (TPSA) is 71.5 Å². The van der Waals surface area contributed by atoms with E-state index in [0.717, 1.165) is 37.4 Å². The monoisotopic (exact) mass is 327 g/mol. The van der Waals surface area contributed by atoms with Crippen LogP contribution in [-0.4, -0.2) is 59.0 Å². The van der Waals surface area contributed by atoms with Crippen LogP contribution in [0.15, 0.2) is 30.9 Å². The van der Waals surface area contributed by atoms with Crippen molar-refractivity contribution in [1.82, 2.24) is 19.9 Å². The molecule has 1 aliphatic heterocycles. The number of rotatable bonds is 3. The van der Waals surface area contributed by atoms with Gasteiger partial charge in [-0.3, -0.25) is 9.78 Å². The number of carbonyl (C=O) groups excluding carboxylic acids is 1. The van der Waals surface area contributed by atoms with Crippen LogP contribution in [0, 0.1) is 6.92 Å². The zero-order valence-corrected chi connectivity index (χ0v) is 14.0. The molecular weight excluding hydrogens is 306 g/mol. The number of pyridine rings is 1. The van der Waals surface area contributed by atoms with Gasteiger partial charge in [-0.15, -0.1) is 0 Å². The summed E-state index contributed by atoms with van der Waals surface area (Å²) in [5.41, 5.74) is 1.64. The predicted molar refractivity (Wildman–Crippen MR) is 90.3 cm³/mol. The van der Waals surface area contributed by atoms with Gasteiger partial charge >= 0.3 is 0 Å². The second kappa shape index (κ2) is 7.25. The summed E-state index contributed by atoms with van der Waals surface area (Å²) in [6.45, 7) is 4.89. The summed E-state index contributed by atoms with van der Waals surface area (Å²) < 4.78 is 5.16. The molecule has 0 N–H and O–H groups in total. The predicted octanol–water partition coefficient (Wildman–Crippen LogP) is 1.54. The standard InChI is InChI=1S/C17H21N5O2/c1-13-8-14(11-18-10-13)17(23)22-5-3-4-21(6-7-22)15-9-16(24-2)20-12-19-15/h8-12H,3-7H2,1-2H3. The fourth-order valence-electron chi connectivity index (χ4n) is 2.82. The number of aryl methyl sites for hydroxylation is 1. The summed E-state index contributed by atoms with van der Waals surface area (Å²) in [6, 6.07) is 3.70. The lowest BCUT2D eigenvalue weighted by Gasteiger charge is -2.23. The van der Waals surface area contributed by atoms with Gasteiger partial charge < -0.3 is 14.5 Å². The number of hydrogen-bond donors (Lipinski definition) is 0. The van der Waals surface area contributed by atoms with Gasteiger partial charge in [0.15, 0.2) is 0 Å². The molecule has 2 aromatic heterocycles. The maximum absolute atomic E-state index is 12.7. The molecule has 3 heterocycles. The van der Waals surface area contributed by atoms with Crippen molar-refractivity contribution in [3.05, 3.63) is 42.0 Å². The SMILES string of the molecule is COc1cc(N2CCCN(C(=O)c3cncc(C)c3)CC2)ncn1. The van der Waals surface area contributed by atoms with Crippen molar-refractivity contribution in [2.24, 2.45) is 0 Å². The second-order valence-corrected chi connectivity index (χ2v) is 5.80. The summed E-state index contributed by atoms with van der Waals surface area (Å²) in [7, 11) is 1.59. The Hall–Kier alpha value is -2.70. The molecule has 0 unspecified atom stereocenters. The molecule has 0 saturated carbocycles. The van der Waals surface area contributed by atoms with Crippen LogP contribution in [-0.2, 0) is 0 Å². The molecule has 0 spiro atoms. The molecule has 1 amide bonds. The Balaban J connectivity index is 1.69. The first-order chi connectivity index (χ1) is 11.7. The molecule has 1 fully saturated rings. The van der Waals surface area contributed by atoms with E-state index < -0.39 is 0 Å². The van der Waals surface area contributed by atoms with E-state index in [1.54, 1.807) is 19.5 Å². The second-order valence-electron chi connectivity index (χ2n) is 5.80. The number of ether oxygens (including phenoxy) is 1. The molecule has 2 aromatic rings. The van der Waals surface area contributed by atoms with Gasteiger partial charge in [-0.05, 0) is 25.0 Å². The van der Waals surface area contributed by atoms with Crippen LogP contribution in [0.4, 0.5) is 5.82 Å². The zero-order chi connectivity index (χ0) is 16.9. The van der Waals surface area contributed by atoms with Crippen molar-refractivity contribution in [3.8, 4) is 5.88 Å². The van der Waals surface area contributed by atoms with Crippen molar-refractivity contribution < 1.29 is 9.53 Å². The molecule has 126 valence electrons. The maximum atomic E-state index is 12.7. The van der Waals surface area contributed by atoms with E-state index >= 15 is 0 Å². The van der Waals surface area contributed by atoms with Crippen molar-refractivity contribution in [2.75, 3.05) is 38.2 Å². The minimum Gasteiger partial charge on any atom is -0.481 e. The van der Waals surface area contributed by atoms with Crippen LogP contribution in [0.1, 0.15) is 22.3 Å². The van der Waals surface area contributed by atoms with Crippen molar-refractivity contribution in [1.29, 1.82) is 0 Å². The molecule has 3 rings (SSSR count). The Morgan fingerprint density at radius 2 is 2.00 bits per heavy atom. The minimum atomic E-state index is 0.0355. The highest BCUT2D eigenvalue weighted by atomic mass is 16.5. The molecule has 1 aliphatic rings. The van der Waals surface area contributed by atoms with E-state index in [1.807, 2.05) is 24.0 Å². The van der Waals surface area contributed by atoms with Crippen molar-refractivity contribution >= 4 is 11.7 Å². The van der Waals surface area contributed by atoms with Gasteiger partial charge in [0.2, 0.25) is 5.88 Å². The molecule has 1 saturated heterocycles. The highest BCUT2D eigenvalue weighted by Gasteiger charge is 2.21. The largest absolute Gasteiger partial charge is 0.481 e. The molecule has 0 aliphatic carbocycles. The summed E-state index contributed by atoms with van der Waals surface area (Å²) in [6.07, 6.45) is 5.77. The summed E-state index contributed by atoms with van der Waals surface area (Å²) in [5, 5.41) is 0. The van der Waals surface area contributed by atoms with Crippen molar-refractivity contribution in [3.63, 3.8) is 0 Å². The highest BCUT2D eigenvalue weighted by molar-refractivity contribution is 5.94. The fourth-order valence-corrected chi connectivity index (χ4v) is 2.82. The third-order valence-corrected chi connectivity index (χ3v) is 4.07. The minimum absolute atomic E-state index is 0.0355. The van der Waals surface area contributed by atoms with Gasteiger partial charge in [0.05, 0.1) is 12.7 Å². The van der Waals surface area contributed by atoms with Crippen LogP contribution in [0.25, 0.3) is 0 Å². The molecular formula is C17H21N5O2. The van der Waals surface area contributed by atoms with Crippen LogP contribution in [0.3, 0.4) is 0 Å². The number of hydrogen-bond acceptors (Lipinski definition) is 6. The van der Waals surface area contributed by atoms with E-state index in [4.69, 9.17) is 4.74 Å². The Kier molecular flexibility index (Phi) is 4.88. The Morgan fingerprint density at radius 1 is 1.12 bits per heavy atom. The number of nitrogens with zero attached hydrogens (tertiary/aromatic N) is 5. The normalized spacial score (nSPS) is 15.1. The molecule has 7 nitrogen and oxygen atoms in total. The Bertz CT molecular complexity index is 722. The van der Waals surface area contributed by atoms with E-state index in [-0.39, 0.29) is 5.91 Å². The lowest BCUT2D eigenvalue weighted by Crippen LogP contribution is -2.35. The number of carbonyl (C=O) groups is 1. The molecule has 7 heteroatoms. The highest BCUT2D eigenvalue weighted by Crippen LogP contribution is 2.18. The maximum Gasteiger partial charge on any atom is 0.255 e. The molecule has 0 radical (unpaired) electrons. The smallest absolute Gasteiger partial charge is 0.255 e. The molecule has 24 heavy (non-hydrogen) atoms. The number of anilines is 1. The Morgan fingerprint density at radius 3 is 2.79 bits per heavy atom. The van der Waals surface area contributed by atoms with Gasteiger partial charge in [-0.25, -0.2) is 9.97 Å². The van der Waals surface area contributed by atoms with Crippen LogP contribution in [0.2, 0.25) is 0 Å². The third-order valence-electron chi connectivity index (χ3n) is 4.07. The lowest BCUT2D eigenvalue weighted by atomic mass is 10.2. The molecule has 0 bridgehead atoms. The Labute approximate surface area is 141 Å². The fraction of sp³-hybridized carbons (Fsp3) is 0.412. The van der Waals surface area contributed by atoms with E-state index in [1.165, 1.54) is 6.33 Å².